The highest BCUT2D eigenvalue weighted by Crippen LogP contribution is 2.62. The zero-order chi connectivity index (χ0) is 34.8. The molecule has 0 aromatic heterocycles. The molecule has 1 fully saturated rings. The summed E-state index contributed by atoms with van der Waals surface area (Å²) in [6, 6.07) is 33.2. The van der Waals surface area contributed by atoms with Gasteiger partial charge in [0.2, 0.25) is 0 Å². The minimum absolute atomic E-state index is 0.0254. The Morgan fingerprint density at radius 2 is 1.27 bits per heavy atom. The van der Waals surface area contributed by atoms with Crippen molar-refractivity contribution >= 4 is 38.6 Å². The Morgan fingerprint density at radius 3 is 1.80 bits per heavy atom. The lowest BCUT2D eigenvalue weighted by atomic mass is 9.68. The predicted octanol–water partition coefficient (Wildman–Crippen LogP) is 10.4. The van der Waals surface area contributed by atoms with Crippen molar-refractivity contribution in [2.45, 2.75) is 65.2 Å². The van der Waals surface area contributed by atoms with Crippen LogP contribution in [0.2, 0.25) is 0 Å². The first kappa shape index (κ1) is 34.0. The van der Waals surface area contributed by atoms with Crippen molar-refractivity contribution in [1.82, 2.24) is 0 Å². The molecule has 0 heterocycles. The first-order chi connectivity index (χ1) is 23.6. The highest BCUT2D eigenvalue weighted by Gasteiger charge is 2.69. The summed E-state index contributed by atoms with van der Waals surface area (Å²) < 4.78 is 13.1. The first-order valence-electron chi connectivity index (χ1n) is 16.4. The number of rotatable bonds is 9. The molecule has 1 saturated carbocycles. The summed E-state index contributed by atoms with van der Waals surface area (Å²) in [5.74, 6) is -1.90. The topological polar surface area (TPSA) is 101 Å². The van der Waals surface area contributed by atoms with Crippen LogP contribution in [0.5, 0.6) is 0 Å². The Bertz CT molecular complexity index is 2000. The van der Waals surface area contributed by atoms with Crippen LogP contribution in [0, 0.1) is 33.1 Å². The fourth-order valence-electron chi connectivity index (χ4n) is 7.45. The molecule has 7 nitrogen and oxygen atoms in total. The van der Waals surface area contributed by atoms with Crippen LogP contribution in [0.25, 0.3) is 21.2 Å². The molecule has 2 atom stereocenters. The molecule has 0 bridgehead atoms. The van der Waals surface area contributed by atoms with Gasteiger partial charge in [0, 0.05) is 9.38 Å². The van der Waals surface area contributed by atoms with E-state index in [1.165, 1.54) is 0 Å². The smallest absolute Gasteiger partial charge is 0.324 e. The van der Waals surface area contributed by atoms with E-state index in [1.54, 1.807) is 12.1 Å². The van der Waals surface area contributed by atoms with E-state index in [9.17, 15) is 15.1 Å². The zero-order valence-electron chi connectivity index (χ0n) is 28.1. The Hall–Kier alpha value is -4.91. The van der Waals surface area contributed by atoms with E-state index in [2.05, 4.69) is 32.0 Å². The van der Waals surface area contributed by atoms with Crippen molar-refractivity contribution in [3.63, 3.8) is 0 Å². The molecular weight excluding hydrogens is 678 g/mol. The summed E-state index contributed by atoms with van der Waals surface area (Å²) >= 11 is 3.51. The quantitative estimate of drug-likeness (QED) is 0.0498. The number of hydrogen-bond donors (Lipinski definition) is 0. The van der Waals surface area contributed by atoms with E-state index in [0.29, 0.717) is 5.56 Å². The normalized spacial score (nSPS) is 18.1. The van der Waals surface area contributed by atoms with Crippen LogP contribution >= 0.6 is 15.9 Å². The van der Waals surface area contributed by atoms with Crippen molar-refractivity contribution < 1.29 is 19.1 Å². The van der Waals surface area contributed by atoms with Crippen LogP contribution in [-0.2, 0) is 37.8 Å². The molecular formula is C41H38BrN3O4. The average molecular weight is 717 g/mol. The summed E-state index contributed by atoms with van der Waals surface area (Å²) in [5, 5.41) is 6.54. The Morgan fingerprint density at radius 1 is 0.735 bits per heavy atom. The highest BCUT2D eigenvalue weighted by atomic mass is 79.9. The number of azide groups is 1. The molecule has 0 aliphatic heterocycles. The van der Waals surface area contributed by atoms with Crippen LogP contribution in [-0.4, -0.2) is 11.9 Å². The van der Waals surface area contributed by atoms with Gasteiger partial charge in [0.1, 0.15) is 18.8 Å². The van der Waals surface area contributed by atoms with Crippen molar-refractivity contribution in [2.75, 3.05) is 0 Å². The van der Waals surface area contributed by atoms with E-state index < -0.39 is 22.9 Å². The molecule has 49 heavy (non-hydrogen) atoms. The number of carbonyl (C=O) groups excluding carboxylic acids is 2. The van der Waals surface area contributed by atoms with Crippen molar-refractivity contribution in [2.24, 2.45) is 10.5 Å². The second kappa shape index (κ2) is 13.9. The molecule has 5 aromatic rings. The van der Waals surface area contributed by atoms with Crippen molar-refractivity contribution in [1.29, 1.82) is 0 Å². The monoisotopic (exact) mass is 715 g/mol. The molecule has 1 aliphatic carbocycles. The van der Waals surface area contributed by atoms with Gasteiger partial charge >= 0.3 is 11.9 Å². The average Bonchev–Trinajstić information content (AvgIpc) is 3.45. The molecule has 0 spiro atoms. The van der Waals surface area contributed by atoms with E-state index >= 15 is 0 Å². The molecule has 0 saturated heterocycles. The Balaban J connectivity index is 1.53. The molecule has 6 rings (SSSR count). The van der Waals surface area contributed by atoms with Gasteiger partial charge in [-0.25, -0.2) is 0 Å². The number of ether oxygens (including phenoxy) is 2. The van der Waals surface area contributed by atoms with E-state index in [1.807, 2.05) is 113 Å². The maximum atomic E-state index is 15.0. The summed E-state index contributed by atoms with van der Waals surface area (Å²) in [7, 11) is 0. The van der Waals surface area contributed by atoms with Crippen LogP contribution in [0.15, 0.2) is 113 Å². The SMILES string of the molecule is Cc1cccc(C)c1COC(=O)C1(C(=O)OCc2c(C)cccc2C)C[C@@H](c2ccc3ccccc3c2)C[C@]1(N=[N+]=[N-])c1ccc(Br)cc1. The van der Waals surface area contributed by atoms with E-state index in [-0.39, 0.29) is 32.0 Å². The largest absolute Gasteiger partial charge is 0.460 e. The fraction of sp³-hybridized carbons (Fsp3) is 0.268. The molecule has 0 N–H and O–H groups in total. The van der Waals surface area contributed by atoms with E-state index in [4.69, 9.17) is 9.47 Å². The third-order valence-electron chi connectivity index (χ3n) is 10.3. The highest BCUT2D eigenvalue weighted by molar-refractivity contribution is 9.10. The van der Waals surface area contributed by atoms with Crippen molar-refractivity contribution in [3.05, 3.63) is 163 Å². The second-order valence-electron chi connectivity index (χ2n) is 13.1. The lowest BCUT2D eigenvalue weighted by molar-refractivity contribution is -0.179. The number of carbonyl (C=O) groups is 2. The van der Waals surface area contributed by atoms with Gasteiger partial charge in [0.05, 0.1) is 0 Å². The second-order valence-corrected chi connectivity index (χ2v) is 14.0. The third-order valence-corrected chi connectivity index (χ3v) is 10.8. The minimum atomic E-state index is -2.00. The maximum absolute atomic E-state index is 15.0. The van der Waals surface area contributed by atoms with Gasteiger partial charge in [-0.05, 0) is 119 Å². The molecule has 1 aliphatic rings. The number of halogens is 1. The van der Waals surface area contributed by atoms with E-state index in [0.717, 1.165) is 54.2 Å². The molecule has 0 radical (unpaired) electrons. The van der Waals surface area contributed by atoms with Gasteiger partial charge < -0.3 is 9.47 Å². The van der Waals surface area contributed by atoms with Gasteiger partial charge in [-0.15, -0.1) is 0 Å². The first-order valence-corrected chi connectivity index (χ1v) is 17.1. The fourth-order valence-corrected chi connectivity index (χ4v) is 7.72. The van der Waals surface area contributed by atoms with Gasteiger partial charge in [-0.1, -0.05) is 112 Å². The summed E-state index contributed by atoms with van der Waals surface area (Å²) in [4.78, 5) is 33.2. The Kier molecular flexibility index (Phi) is 9.64. The van der Waals surface area contributed by atoms with Crippen LogP contribution < -0.4 is 0 Å². The lowest BCUT2D eigenvalue weighted by Gasteiger charge is -2.39. The summed E-state index contributed by atoms with van der Waals surface area (Å²) in [5.41, 5.74) is 13.6. The van der Waals surface area contributed by atoms with Gasteiger partial charge in [-0.2, -0.15) is 0 Å². The zero-order valence-corrected chi connectivity index (χ0v) is 29.7. The Labute approximate surface area is 295 Å². The number of hydrogen-bond acceptors (Lipinski definition) is 5. The number of benzene rings is 5. The number of aryl methyl sites for hydroxylation is 4. The van der Waals surface area contributed by atoms with Gasteiger partial charge in [0.25, 0.3) is 0 Å². The standard InChI is InChI=1S/C41H38BrN3O4/c1-26-9-7-10-27(2)36(26)24-48-38(46)40(39(47)49-25-37-28(3)11-8-12-29(37)4)22-33(32-16-15-30-13-5-6-14-31(30)21-32)23-41(40,44-45-43)34-17-19-35(42)20-18-34/h5-21,33H,22-25H2,1-4H3/t33-,41+/m1/s1. The summed E-state index contributed by atoms with van der Waals surface area (Å²) in [6.45, 7) is 7.75. The molecule has 5 aromatic carbocycles. The predicted molar refractivity (Wildman–Crippen MR) is 195 cm³/mol. The molecule has 0 unspecified atom stereocenters. The van der Waals surface area contributed by atoms with Crippen molar-refractivity contribution in [3.8, 4) is 0 Å². The van der Waals surface area contributed by atoms with Gasteiger partial charge in [-0.3, -0.25) is 9.59 Å². The van der Waals surface area contributed by atoms with Gasteiger partial charge in [0.15, 0.2) is 5.41 Å². The van der Waals surface area contributed by atoms with Crippen LogP contribution in [0.3, 0.4) is 0 Å². The van der Waals surface area contributed by atoms with Crippen LogP contribution in [0.4, 0.5) is 0 Å². The molecule has 0 amide bonds. The number of nitrogens with zero attached hydrogens (tertiary/aromatic N) is 3. The minimum Gasteiger partial charge on any atom is -0.460 e. The maximum Gasteiger partial charge on any atom is 0.324 e. The van der Waals surface area contributed by atoms with Crippen LogP contribution in [0.1, 0.15) is 63.3 Å². The molecule has 248 valence electrons. The lowest BCUT2D eigenvalue weighted by Crippen LogP contribution is -2.53. The summed E-state index contributed by atoms with van der Waals surface area (Å²) in [6.07, 6.45) is 0.214. The number of esters is 2. The number of fused-ring (bicyclic) bond motifs is 1. The third kappa shape index (κ3) is 6.23. The molecule has 8 heteroatoms.